The molecule has 2 aromatic rings. The second-order valence-corrected chi connectivity index (χ2v) is 4.48. The Bertz CT molecular complexity index is 559. The zero-order valence-electron chi connectivity index (χ0n) is 9.61. The van der Waals surface area contributed by atoms with Crippen molar-refractivity contribution in [3.8, 4) is 0 Å². The van der Waals surface area contributed by atoms with Crippen LogP contribution in [0.1, 0.15) is 17.2 Å². The lowest BCUT2D eigenvalue weighted by atomic mass is 10.0. The number of anilines is 1. The molecule has 0 saturated carbocycles. The lowest BCUT2D eigenvalue weighted by molar-refractivity contribution is 0.178. The van der Waals surface area contributed by atoms with E-state index < -0.39 is 11.9 Å². The van der Waals surface area contributed by atoms with E-state index in [1.54, 1.807) is 36.4 Å². The monoisotopic (exact) mass is 265 g/mol. The number of nitrogen functional groups attached to an aromatic ring is 1. The topological polar surface area (TPSA) is 46.2 Å². The highest BCUT2D eigenvalue weighted by Crippen LogP contribution is 2.26. The molecule has 2 nitrogen and oxygen atoms in total. The molecule has 1 unspecified atom stereocenters. The highest BCUT2D eigenvalue weighted by molar-refractivity contribution is 6.31. The molecule has 94 valence electrons. The summed E-state index contributed by atoms with van der Waals surface area (Å²) in [5.74, 6) is -0.478. The van der Waals surface area contributed by atoms with Crippen molar-refractivity contribution in [3.05, 3.63) is 64.4 Å². The van der Waals surface area contributed by atoms with Crippen LogP contribution in [-0.4, -0.2) is 5.11 Å². The van der Waals surface area contributed by atoms with Crippen LogP contribution in [0, 0.1) is 5.82 Å². The number of nitrogens with two attached hydrogens (primary N) is 1. The molecular formula is C14H13ClFNO. The Hall–Kier alpha value is -1.58. The fourth-order valence-corrected chi connectivity index (χ4v) is 2.00. The maximum atomic E-state index is 13.3. The molecule has 2 rings (SSSR count). The zero-order chi connectivity index (χ0) is 13.1. The molecule has 0 saturated heterocycles. The molecule has 0 radical (unpaired) electrons. The van der Waals surface area contributed by atoms with Gasteiger partial charge in [-0.15, -0.1) is 0 Å². The number of aliphatic hydroxyl groups excluding tert-OH is 1. The van der Waals surface area contributed by atoms with Gasteiger partial charge in [0.25, 0.3) is 0 Å². The van der Waals surface area contributed by atoms with Crippen LogP contribution in [0.5, 0.6) is 0 Å². The Morgan fingerprint density at radius 1 is 1.22 bits per heavy atom. The maximum Gasteiger partial charge on any atom is 0.142 e. The van der Waals surface area contributed by atoms with Gasteiger partial charge in [-0.2, -0.15) is 0 Å². The number of hydrogen-bond donors (Lipinski definition) is 2. The Kier molecular flexibility index (Phi) is 3.84. The molecule has 0 heterocycles. The highest BCUT2D eigenvalue weighted by Gasteiger charge is 2.13. The first-order chi connectivity index (χ1) is 8.58. The maximum absolute atomic E-state index is 13.3. The Balaban J connectivity index is 2.21. The summed E-state index contributed by atoms with van der Waals surface area (Å²) in [6.07, 6.45) is -0.507. The largest absolute Gasteiger partial charge is 0.399 e. The molecule has 0 amide bonds. The third kappa shape index (κ3) is 2.81. The van der Waals surface area contributed by atoms with E-state index >= 15 is 0 Å². The number of rotatable bonds is 3. The third-order valence-corrected chi connectivity index (χ3v) is 3.16. The summed E-state index contributed by atoms with van der Waals surface area (Å²) >= 11 is 5.85. The molecule has 3 N–H and O–H groups in total. The van der Waals surface area contributed by atoms with E-state index in [9.17, 15) is 9.50 Å². The van der Waals surface area contributed by atoms with Gasteiger partial charge >= 0.3 is 0 Å². The van der Waals surface area contributed by atoms with Gasteiger partial charge in [-0.3, -0.25) is 0 Å². The predicted octanol–water partition coefficient (Wildman–Crippen LogP) is 3.34. The first-order valence-corrected chi connectivity index (χ1v) is 5.92. The van der Waals surface area contributed by atoms with E-state index in [1.807, 2.05) is 0 Å². The standard InChI is InChI=1S/C14H13ClFNO/c15-14-10(4-2-6-12(14)16)8-13(18)9-3-1-5-11(17)7-9/h1-7,13,18H,8,17H2. The molecule has 0 aliphatic heterocycles. The molecule has 0 fully saturated rings. The first kappa shape index (κ1) is 12.9. The van der Waals surface area contributed by atoms with Crippen LogP contribution in [0.25, 0.3) is 0 Å². The Morgan fingerprint density at radius 3 is 2.67 bits per heavy atom. The summed E-state index contributed by atoms with van der Waals surface area (Å²) in [5, 5.41) is 10.1. The Morgan fingerprint density at radius 2 is 1.94 bits per heavy atom. The van der Waals surface area contributed by atoms with Gasteiger partial charge in [0.1, 0.15) is 5.82 Å². The summed E-state index contributed by atoms with van der Waals surface area (Å²) in [5.41, 5.74) is 7.49. The van der Waals surface area contributed by atoms with Crippen LogP contribution in [0.4, 0.5) is 10.1 Å². The van der Waals surface area contributed by atoms with Gasteiger partial charge in [0.2, 0.25) is 0 Å². The normalized spacial score (nSPS) is 12.4. The van der Waals surface area contributed by atoms with E-state index in [0.29, 0.717) is 16.8 Å². The lowest BCUT2D eigenvalue weighted by Gasteiger charge is -2.13. The van der Waals surface area contributed by atoms with Gasteiger partial charge in [0, 0.05) is 12.1 Å². The summed E-state index contributed by atoms with van der Waals surface area (Å²) in [6.45, 7) is 0. The quantitative estimate of drug-likeness (QED) is 0.836. The van der Waals surface area contributed by atoms with Crippen molar-refractivity contribution in [2.45, 2.75) is 12.5 Å². The minimum Gasteiger partial charge on any atom is -0.399 e. The minimum absolute atomic E-state index is 0.0560. The molecule has 0 spiro atoms. The van der Waals surface area contributed by atoms with Crippen molar-refractivity contribution in [2.75, 3.05) is 5.73 Å². The van der Waals surface area contributed by atoms with E-state index in [4.69, 9.17) is 17.3 Å². The predicted molar refractivity (Wildman–Crippen MR) is 70.9 cm³/mol. The smallest absolute Gasteiger partial charge is 0.142 e. The average Bonchev–Trinajstić information content (AvgIpc) is 2.35. The summed E-state index contributed by atoms with van der Waals surface area (Å²) in [7, 11) is 0. The van der Waals surface area contributed by atoms with E-state index in [-0.39, 0.29) is 11.4 Å². The fourth-order valence-electron chi connectivity index (χ4n) is 1.80. The molecule has 2 aromatic carbocycles. The van der Waals surface area contributed by atoms with Gasteiger partial charge in [-0.05, 0) is 29.3 Å². The van der Waals surface area contributed by atoms with Crippen molar-refractivity contribution < 1.29 is 9.50 Å². The van der Waals surface area contributed by atoms with Gasteiger partial charge in [0.05, 0.1) is 11.1 Å². The van der Waals surface area contributed by atoms with E-state index in [2.05, 4.69) is 0 Å². The van der Waals surface area contributed by atoms with Crippen LogP contribution in [0.3, 0.4) is 0 Å². The van der Waals surface area contributed by atoms with Gasteiger partial charge in [-0.1, -0.05) is 35.9 Å². The number of aliphatic hydroxyl groups is 1. The highest BCUT2D eigenvalue weighted by atomic mass is 35.5. The fraction of sp³-hybridized carbons (Fsp3) is 0.143. The van der Waals surface area contributed by atoms with Gasteiger partial charge < -0.3 is 10.8 Å². The summed E-state index contributed by atoms with van der Waals surface area (Å²) in [6, 6.07) is 11.5. The molecular weight excluding hydrogens is 253 g/mol. The molecule has 18 heavy (non-hydrogen) atoms. The van der Waals surface area contributed by atoms with Crippen molar-refractivity contribution >= 4 is 17.3 Å². The van der Waals surface area contributed by atoms with Crippen molar-refractivity contribution in [1.29, 1.82) is 0 Å². The van der Waals surface area contributed by atoms with Crippen LogP contribution < -0.4 is 5.73 Å². The minimum atomic E-state index is -0.757. The Labute approximate surface area is 110 Å². The number of benzene rings is 2. The molecule has 0 aliphatic carbocycles. The second-order valence-electron chi connectivity index (χ2n) is 4.10. The SMILES string of the molecule is Nc1cccc(C(O)Cc2cccc(F)c2Cl)c1. The number of hydrogen-bond acceptors (Lipinski definition) is 2. The molecule has 1 atom stereocenters. The molecule has 0 aliphatic rings. The lowest BCUT2D eigenvalue weighted by Crippen LogP contribution is -2.03. The van der Waals surface area contributed by atoms with Crippen molar-refractivity contribution in [1.82, 2.24) is 0 Å². The van der Waals surface area contributed by atoms with Crippen LogP contribution in [0.2, 0.25) is 5.02 Å². The van der Waals surface area contributed by atoms with Crippen LogP contribution in [0.15, 0.2) is 42.5 Å². The van der Waals surface area contributed by atoms with Crippen LogP contribution in [-0.2, 0) is 6.42 Å². The zero-order valence-corrected chi connectivity index (χ0v) is 10.4. The second kappa shape index (κ2) is 5.38. The molecule has 4 heteroatoms. The van der Waals surface area contributed by atoms with E-state index in [1.165, 1.54) is 6.07 Å². The molecule has 0 aromatic heterocycles. The van der Waals surface area contributed by atoms with Crippen molar-refractivity contribution in [3.63, 3.8) is 0 Å². The molecule has 0 bridgehead atoms. The first-order valence-electron chi connectivity index (χ1n) is 5.54. The van der Waals surface area contributed by atoms with E-state index in [0.717, 1.165) is 0 Å². The third-order valence-electron chi connectivity index (χ3n) is 2.74. The van der Waals surface area contributed by atoms with Gasteiger partial charge in [-0.25, -0.2) is 4.39 Å². The summed E-state index contributed by atoms with van der Waals surface area (Å²) in [4.78, 5) is 0. The van der Waals surface area contributed by atoms with Crippen LogP contribution >= 0.6 is 11.6 Å². The number of halogens is 2. The van der Waals surface area contributed by atoms with Gasteiger partial charge in [0.15, 0.2) is 0 Å². The van der Waals surface area contributed by atoms with Crippen molar-refractivity contribution in [2.24, 2.45) is 0 Å². The summed E-state index contributed by atoms with van der Waals surface area (Å²) < 4.78 is 13.3. The average molecular weight is 266 g/mol.